The SMILES string of the molecule is COc1ccc(N/C=C2\C(=O)N(c3ccc(Cl)cc3)CS2(=O)=O)cc1. The molecule has 0 saturated carbocycles. The Balaban J connectivity index is 1.84. The van der Waals surface area contributed by atoms with Crippen molar-refractivity contribution < 1.29 is 17.9 Å². The van der Waals surface area contributed by atoms with Gasteiger partial charge in [0.15, 0.2) is 0 Å². The van der Waals surface area contributed by atoms with Crippen molar-refractivity contribution in [1.82, 2.24) is 0 Å². The van der Waals surface area contributed by atoms with Crippen LogP contribution >= 0.6 is 11.6 Å². The molecule has 0 spiro atoms. The third-order valence-electron chi connectivity index (χ3n) is 3.69. The first kappa shape index (κ1) is 17.3. The highest BCUT2D eigenvalue weighted by Gasteiger charge is 2.40. The van der Waals surface area contributed by atoms with Gasteiger partial charge in [-0.25, -0.2) is 8.42 Å². The van der Waals surface area contributed by atoms with Crippen molar-refractivity contribution in [2.24, 2.45) is 0 Å². The number of carbonyl (C=O) groups excluding carboxylic acids is 1. The summed E-state index contributed by atoms with van der Waals surface area (Å²) in [7, 11) is -2.15. The molecule has 2 aromatic rings. The Morgan fingerprint density at radius 1 is 1.12 bits per heavy atom. The van der Waals surface area contributed by atoms with Gasteiger partial charge < -0.3 is 10.1 Å². The summed E-state index contributed by atoms with van der Waals surface area (Å²) in [5, 5.41) is 3.35. The lowest BCUT2D eigenvalue weighted by Gasteiger charge is -2.13. The van der Waals surface area contributed by atoms with Crippen LogP contribution in [0, 0.1) is 0 Å². The Bertz CT molecular complexity index is 922. The number of carbonyl (C=O) groups is 1. The van der Waals surface area contributed by atoms with Crippen LogP contribution in [0.3, 0.4) is 0 Å². The third kappa shape index (κ3) is 3.62. The Kier molecular flexibility index (Phi) is 4.69. The molecule has 8 heteroatoms. The number of halogens is 1. The van der Waals surface area contributed by atoms with Crippen molar-refractivity contribution in [3.63, 3.8) is 0 Å². The number of ether oxygens (including phenoxy) is 1. The smallest absolute Gasteiger partial charge is 0.272 e. The molecule has 1 saturated heterocycles. The van der Waals surface area contributed by atoms with Gasteiger partial charge in [0.25, 0.3) is 5.91 Å². The standard InChI is InChI=1S/C17H15ClN2O4S/c1-24-15-8-4-13(5-9-15)19-10-16-17(21)20(11-25(16,22)23)14-6-2-12(18)3-7-14/h2-10,19H,11H2,1H3/b16-10+. The van der Waals surface area contributed by atoms with Crippen molar-refractivity contribution in [1.29, 1.82) is 0 Å². The molecule has 1 N–H and O–H groups in total. The molecule has 0 unspecified atom stereocenters. The lowest BCUT2D eigenvalue weighted by molar-refractivity contribution is -0.114. The summed E-state index contributed by atoms with van der Waals surface area (Å²) in [5.41, 5.74) is 1.12. The summed E-state index contributed by atoms with van der Waals surface area (Å²) >= 11 is 5.83. The topological polar surface area (TPSA) is 75.7 Å². The van der Waals surface area contributed by atoms with Crippen LogP contribution in [0.5, 0.6) is 5.75 Å². The minimum absolute atomic E-state index is 0.279. The summed E-state index contributed by atoms with van der Waals surface area (Å²) in [4.78, 5) is 13.4. The molecule has 0 aromatic heterocycles. The molecule has 6 nitrogen and oxygen atoms in total. The van der Waals surface area contributed by atoms with Crippen LogP contribution in [0.4, 0.5) is 11.4 Å². The van der Waals surface area contributed by atoms with Gasteiger partial charge in [0, 0.05) is 22.6 Å². The molecule has 1 fully saturated rings. The second-order valence-electron chi connectivity index (χ2n) is 5.33. The molecule has 3 rings (SSSR count). The van der Waals surface area contributed by atoms with E-state index in [0.29, 0.717) is 22.1 Å². The maximum atomic E-state index is 12.5. The number of anilines is 2. The molecule has 1 aliphatic rings. The molecule has 0 bridgehead atoms. The Labute approximate surface area is 150 Å². The first-order valence-electron chi connectivity index (χ1n) is 7.32. The Morgan fingerprint density at radius 3 is 2.36 bits per heavy atom. The Morgan fingerprint density at radius 2 is 1.76 bits per heavy atom. The van der Waals surface area contributed by atoms with Crippen molar-refractivity contribution in [2.75, 3.05) is 23.2 Å². The van der Waals surface area contributed by atoms with Crippen molar-refractivity contribution >= 4 is 38.7 Å². The molecule has 2 aromatic carbocycles. The predicted molar refractivity (Wildman–Crippen MR) is 97.4 cm³/mol. The second kappa shape index (κ2) is 6.78. The molecule has 25 heavy (non-hydrogen) atoms. The van der Waals surface area contributed by atoms with E-state index in [1.165, 1.54) is 11.1 Å². The minimum atomic E-state index is -3.71. The predicted octanol–water partition coefficient (Wildman–Crippen LogP) is 3.02. The van der Waals surface area contributed by atoms with Crippen LogP contribution in [0.15, 0.2) is 59.6 Å². The van der Waals surface area contributed by atoms with Crippen LogP contribution in [-0.2, 0) is 14.6 Å². The first-order chi connectivity index (χ1) is 11.9. The number of methoxy groups -OCH3 is 1. The highest BCUT2D eigenvalue weighted by atomic mass is 35.5. The monoisotopic (exact) mass is 378 g/mol. The number of rotatable bonds is 4. The lowest BCUT2D eigenvalue weighted by Crippen LogP contribution is -2.24. The zero-order chi connectivity index (χ0) is 18.0. The molecule has 0 radical (unpaired) electrons. The molecular weight excluding hydrogens is 364 g/mol. The normalized spacial score (nSPS) is 17.8. The van der Waals surface area contributed by atoms with Gasteiger partial charge in [-0.3, -0.25) is 9.69 Å². The summed E-state index contributed by atoms with van der Waals surface area (Å²) in [6.07, 6.45) is 1.22. The van der Waals surface area contributed by atoms with E-state index >= 15 is 0 Å². The van der Waals surface area contributed by atoms with E-state index in [-0.39, 0.29) is 4.91 Å². The Hall–Kier alpha value is -2.51. The van der Waals surface area contributed by atoms with Gasteiger partial charge in [-0.15, -0.1) is 0 Å². The summed E-state index contributed by atoms with van der Waals surface area (Å²) in [6.45, 7) is 0. The van der Waals surface area contributed by atoms with E-state index in [1.807, 2.05) is 0 Å². The number of nitrogens with one attached hydrogen (secondary N) is 1. The fourth-order valence-corrected chi connectivity index (χ4v) is 3.85. The van der Waals surface area contributed by atoms with Crippen LogP contribution in [-0.4, -0.2) is 27.3 Å². The fraction of sp³-hybridized carbons (Fsp3) is 0.118. The van der Waals surface area contributed by atoms with Gasteiger partial charge >= 0.3 is 0 Å². The number of hydrogen-bond donors (Lipinski definition) is 1. The number of nitrogens with zero attached hydrogens (tertiary/aromatic N) is 1. The van der Waals surface area contributed by atoms with Crippen molar-refractivity contribution in [2.45, 2.75) is 0 Å². The van der Waals surface area contributed by atoms with E-state index < -0.39 is 21.6 Å². The molecule has 0 aliphatic carbocycles. The summed E-state index contributed by atoms with van der Waals surface area (Å²) in [5.74, 6) is -0.302. The van der Waals surface area contributed by atoms with E-state index in [0.717, 1.165) is 0 Å². The fourth-order valence-electron chi connectivity index (χ4n) is 2.36. The quantitative estimate of drug-likeness (QED) is 0.827. The highest BCUT2D eigenvalue weighted by molar-refractivity contribution is 7.97. The second-order valence-corrected chi connectivity index (χ2v) is 7.70. The zero-order valence-electron chi connectivity index (χ0n) is 13.3. The molecule has 1 amide bonds. The average molecular weight is 379 g/mol. The molecule has 1 aliphatic heterocycles. The summed E-state index contributed by atoms with van der Waals surface area (Å²) < 4.78 is 29.7. The zero-order valence-corrected chi connectivity index (χ0v) is 14.8. The van der Waals surface area contributed by atoms with Gasteiger partial charge in [-0.05, 0) is 48.5 Å². The highest BCUT2D eigenvalue weighted by Crippen LogP contribution is 2.28. The van der Waals surface area contributed by atoms with E-state index in [2.05, 4.69) is 5.32 Å². The van der Waals surface area contributed by atoms with Crippen LogP contribution < -0.4 is 15.0 Å². The van der Waals surface area contributed by atoms with Gasteiger partial charge in [-0.1, -0.05) is 11.6 Å². The molecule has 130 valence electrons. The molecular formula is C17H15ClN2O4S. The maximum absolute atomic E-state index is 12.5. The van der Waals surface area contributed by atoms with Gasteiger partial charge in [-0.2, -0.15) is 0 Å². The van der Waals surface area contributed by atoms with E-state index in [1.54, 1.807) is 55.6 Å². The van der Waals surface area contributed by atoms with Gasteiger partial charge in [0.1, 0.15) is 16.5 Å². The largest absolute Gasteiger partial charge is 0.497 e. The maximum Gasteiger partial charge on any atom is 0.272 e. The van der Waals surface area contributed by atoms with Gasteiger partial charge in [0.05, 0.1) is 7.11 Å². The van der Waals surface area contributed by atoms with Crippen LogP contribution in [0.2, 0.25) is 5.02 Å². The average Bonchev–Trinajstić information content (AvgIpc) is 2.83. The first-order valence-corrected chi connectivity index (χ1v) is 9.35. The van der Waals surface area contributed by atoms with Gasteiger partial charge in [0.2, 0.25) is 9.84 Å². The molecule has 1 heterocycles. The number of benzene rings is 2. The number of amides is 1. The van der Waals surface area contributed by atoms with Crippen LogP contribution in [0.25, 0.3) is 0 Å². The van der Waals surface area contributed by atoms with Crippen molar-refractivity contribution in [3.8, 4) is 5.75 Å². The van der Waals surface area contributed by atoms with E-state index in [9.17, 15) is 13.2 Å². The summed E-state index contributed by atoms with van der Waals surface area (Å²) in [6, 6.07) is 13.3. The minimum Gasteiger partial charge on any atom is -0.497 e. The van der Waals surface area contributed by atoms with Crippen LogP contribution in [0.1, 0.15) is 0 Å². The number of sulfone groups is 1. The lowest BCUT2D eigenvalue weighted by atomic mass is 10.3. The third-order valence-corrected chi connectivity index (χ3v) is 5.50. The number of hydrogen-bond acceptors (Lipinski definition) is 5. The molecule has 0 atom stereocenters. The van der Waals surface area contributed by atoms with E-state index in [4.69, 9.17) is 16.3 Å². The van der Waals surface area contributed by atoms with Crippen molar-refractivity contribution in [3.05, 3.63) is 64.7 Å².